The van der Waals surface area contributed by atoms with Crippen LogP contribution in [0.15, 0.2) is 66.7 Å². The molecule has 230 valence electrons. The summed E-state index contributed by atoms with van der Waals surface area (Å²) in [6.07, 6.45) is 1.85. The van der Waals surface area contributed by atoms with Crippen molar-refractivity contribution in [1.29, 1.82) is 0 Å². The Morgan fingerprint density at radius 3 is 2.47 bits per heavy atom. The molecule has 0 spiro atoms. The second kappa shape index (κ2) is 14.8. The molecule has 0 radical (unpaired) electrons. The Morgan fingerprint density at radius 1 is 0.977 bits per heavy atom. The lowest BCUT2D eigenvalue weighted by Gasteiger charge is -2.42. The number of para-hydroxylation sites is 1. The third-order valence-corrected chi connectivity index (χ3v) is 7.40. The summed E-state index contributed by atoms with van der Waals surface area (Å²) in [5.74, 6) is 2.26. The number of methoxy groups -OCH3 is 3. The molecule has 2 amide bonds. The zero-order valence-electron chi connectivity index (χ0n) is 25.7. The van der Waals surface area contributed by atoms with E-state index in [0.29, 0.717) is 67.5 Å². The van der Waals surface area contributed by atoms with Crippen LogP contribution in [0.2, 0.25) is 0 Å². The van der Waals surface area contributed by atoms with E-state index in [2.05, 4.69) is 5.32 Å². The van der Waals surface area contributed by atoms with Crippen LogP contribution in [0.25, 0.3) is 0 Å². The summed E-state index contributed by atoms with van der Waals surface area (Å²) in [7, 11) is 4.84. The molecule has 0 saturated carbocycles. The molecule has 9 heteroatoms. The van der Waals surface area contributed by atoms with Gasteiger partial charge in [0.2, 0.25) is 0 Å². The number of hydrogen-bond acceptors (Lipinski definition) is 7. The normalized spacial score (nSPS) is 15.0. The van der Waals surface area contributed by atoms with Crippen molar-refractivity contribution < 1.29 is 33.3 Å². The molecule has 1 aliphatic rings. The van der Waals surface area contributed by atoms with Gasteiger partial charge >= 0.3 is 0 Å². The van der Waals surface area contributed by atoms with Crippen molar-refractivity contribution in [2.45, 2.75) is 44.8 Å². The molecule has 0 aliphatic carbocycles. The van der Waals surface area contributed by atoms with Gasteiger partial charge in [-0.1, -0.05) is 24.3 Å². The number of hydrogen-bond donors (Lipinski definition) is 1. The van der Waals surface area contributed by atoms with Crippen molar-refractivity contribution >= 4 is 11.8 Å². The number of ether oxygens (including phenoxy) is 5. The lowest BCUT2D eigenvalue weighted by atomic mass is 9.87. The fourth-order valence-electron chi connectivity index (χ4n) is 5.27. The molecule has 3 aromatic rings. The number of amides is 2. The Morgan fingerprint density at radius 2 is 1.74 bits per heavy atom. The second-order valence-corrected chi connectivity index (χ2v) is 11.1. The van der Waals surface area contributed by atoms with Crippen molar-refractivity contribution in [1.82, 2.24) is 10.2 Å². The molecular formula is C34H42N2O7. The molecular weight excluding hydrogens is 548 g/mol. The predicted octanol–water partition coefficient (Wildman–Crippen LogP) is 5.22. The van der Waals surface area contributed by atoms with Gasteiger partial charge in [0.05, 0.1) is 20.3 Å². The van der Waals surface area contributed by atoms with Crippen molar-refractivity contribution in [2.24, 2.45) is 0 Å². The lowest BCUT2D eigenvalue weighted by molar-refractivity contribution is -0.137. The summed E-state index contributed by atoms with van der Waals surface area (Å²) in [6, 6.07) is 20.1. The molecule has 43 heavy (non-hydrogen) atoms. The second-order valence-electron chi connectivity index (χ2n) is 11.1. The molecule has 1 unspecified atom stereocenters. The largest absolute Gasteiger partial charge is 0.493 e. The zero-order valence-corrected chi connectivity index (χ0v) is 25.7. The van der Waals surface area contributed by atoms with Crippen LogP contribution in [0, 0.1) is 0 Å². The Labute approximate surface area is 254 Å². The van der Waals surface area contributed by atoms with Gasteiger partial charge < -0.3 is 33.9 Å². The zero-order chi connectivity index (χ0) is 30.8. The van der Waals surface area contributed by atoms with Crippen LogP contribution in [-0.4, -0.2) is 69.9 Å². The highest BCUT2D eigenvalue weighted by atomic mass is 16.5. The van der Waals surface area contributed by atoms with Gasteiger partial charge in [-0.05, 0) is 74.7 Å². The van der Waals surface area contributed by atoms with E-state index in [-0.39, 0.29) is 24.5 Å². The Bertz CT molecular complexity index is 1380. The summed E-state index contributed by atoms with van der Waals surface area (Å²) in [5.41, 5.74) is 1.81. The highest BCUT2D eigenvalue weighted by molar-refractivity contribution is 5.94. The van der Waals surface area contributed by atoms with Gasteiger partial charge in [-0.25, -0.2) is 0 Å². The topological polar surface area (TPSA) is 95.6 Å². The number of carbonyl (C=O) groups excluding carboxylic acids is 2. The van der Waals surface area contributed by atoms with E-state index in [9.17, 15) is 9.59 Å². The third kappa shape index (κ3) is 8.41. The van der Waals surface area contributed by atoms with Crippen LogP contribution < -0.4 is 24.3 Å². The first kappa shape index (κ1) is 31.7. The molecule has 1 N–H and O–H groups in total. The van der Waals surface area contributed by atoms with Gasteiger partial charge in [-0.2, -0.15) is 0 Å². The van der Waals surface area contributed by atoms with Crippen LogP contribution in [0.3, 0.4) is 0 Å². The van der Waals surface area contributed by atoms with Crippen LogP contribution in [0.5, 0.6) is 23.0 Å². The molecule has 0 bridgehead atoms. The minimum absolute atomic E-state index is 0.0968. The van der Waals surface area contributed by atoms with Gasteiger partial charge in [0.1, 0.15) is 17.1 Å². The van der Waals surface area contributed by atoms with Crippen LogP contribution in [0.1, 0.15) is 54.2 Å². The number of benzene rings is 3. The van der Waals surface area contributed by atoms with Crippen LogP contribution >= 0.6 is 0 Å². The SMILES string of the molecule is COCCCN(C(=O)COc1ccccc1)C1CC(C)(C)Oc2ccc(C(=O)NCCc3ccc(OC)c(OC)c3)cc21. The number of nitrogens with one attached hydrogen (secondary N) is 1. The van der Waals surface area contributed by atoms with Crippen molar-refractivity contribution in [3.63, 3.8) is 0 Å². The molecule has 4 rings (SSSR count). The van der Waals surface area contributed by atoms with Gasteiger partial charge in [-0.15, -0.1) is 0 Å². The lowest BCUT2D eigenvalue weighted by Crippen LogP contribution is -2.45. The summed E-state index contributed by atoms with van der Waals surface area (Å²) in [5, 5.41) is 3.01. The van der Waals surface area contributed by atoms with Crippen molar-refractivity contribution in [2.75, 3.05) is 47.6 Å². The number of nitrogens with zero attached hydrogens (tertiary/aromatic N) is 1. The highest BCUT2D eigenvalue weighted by Gasteiger charge is 2.39. The van der Waals surface area contributed by atoms with E-state index in [1.165, 1.54) is 0 Å². The average molecular weight is 591 g/mol. The Balaban J connectivity index is 1.51. The molecule has 9 nitrogen and oxygen atoms in total. The molecule has 1 aliphatic heterocycles. The number of fused-ring (bicyclic) bond motifs is 1. The Kier molecular flexibility index (Phi) is 10.9. The molecule has 3 aromatic carbocycles. The fourth-order valence-corrected chi connectivity index (χ4v) is 5.27. The van der Waals surface area contributed by atoms with Gasteiger partial charge in [-0.3, -0.25) is 9.59 Å². The summed E-state index contributed by atoms with van der Waals surface area (Å²) < 4.78 is 28.1. The van der Waals surface area contributed by atoms with E-state index < -0.39 is 5.60 Å². The first-order valence-electron chi connectivity index (χ1n) is 14.5. The minimum atomic E-state index is -0.513. The van der Waals surface area contributed by atoms with Gasteiger partial charge in [0, 0.05) is 44.4 Å². The molecule has 0 saturated heterocycles. The molecule has 1 heterocycles. The van der Waals surface area contributed by atoms with Crippen molar-refractivity contribution in [3.05, 3.63) is 83.4 Å². The predicted molar refractivity (Wildman–Crippen MR) is 164 cm³/mol. The van der Waals surface area contributed by atoms with Gasteiger partial charge in [0.25, 0.3) is 11.8 Å². The first-order valence-corrected chi connectivity index (χ1v) is 14.5. The average Bonchev–Trinajstić information content (AvgIpc) is 3.01. The van der Waals surface area contributed by atoms with E-state index in [4.69, 9.17) is 23.7 Å². The maximum absolute atomic E-state index is 13.6. The quantitative estimate of drug-likeness (QED) is 0.257. The van der Waals surface area contributed by atoms with Crippen LogP contribution in [-0.2, 0) is 16.0 Å². The summed E-state index contributed by atoms with van der Waals surface area (Å²) in [6.45, 7) is 5.36. The smallest absolute Gasteiger partial charge is 0.261 e. The minimum Gasteiger partial charge on any atom is -0.493 e. The standard InChI is InChI=1S/C34H42N2O7/c1-34(2)22-28(36(18-9-19-39-3)32(37)23-42-26-10-7-6-8-11-26)27-21-25(13-15-29(27)43-34)33(38)35-17-16-24-12-14-30(40-4)31(20-24)41-5/h6-8,10-15,20-21,28H,9,16-19,22-23H2,1-5H3,(H,35,38). The molecule has 1 atom stereocenters. The molecule has 0 aromatic heterocycles. The van der Waals surface area contributed by atoms with E-state index in [1.54, 1.807) is 27.4 Å². The third-order valence-electron chi connectivity index (χ3n) is 7.40. The van der Waals surface area contributed by atoms with Gasteiger partial charge in [0.15, 0.2) is 18.1 Å². The first-order chi connectivity index (χ1) is 20.7. The maximum Gasteiger partial charge on any atom is 0.261 e. The van der Waals surface area contributed by atoms with Crippen LogP contribution in [0.4, 0.5) is 0 Å². The van der Waals surface area contributed by atoms with E-state index >= 15 is 0 Å². The van der Waals surface area contributed by atoms with Crippen molar-refractivity contribution in [3.8, 4) is 23.0 Å². The highest BCUT2D eigenvalue weighted by Crippen LogP contribution is 2.43. The monoisotopic (exact) mass is 590 g/mol. The summed E-state index contributed by atoms with van der Waals surface area (Å²) in [4.78, 5) is 28.7. The summed E-state index contributed by atoms with van der Waals surface area (Å²) >= 11 is 0. The van der Waals surface area contributed by atoms with E-state index in [0.717, 1.165) is 11.1 Å². The maximum atomic E-state index is 13.6. The fraction of sp³-hybridized carbons (Fsp3) is 0.412. The van der Waals surface area contributed by atoms with E-state index in [1.807, 2.05) is 79.4 Å². The molecule has 0 fully saturated rings. The Hall–Kier alpha value is -4.24. The number of carbonyl (C=O) groups is 2. The number of rotatable bonds is 14.